The van der Waals surface area contributed by atoms with Gasteiger partial charge in [0.05, 0.1) is 0 Å². The van der Waals surface area contributed by atoms with Crippen molar-refractivity contribution in [2.24, 2.45) is 5.92 Å². The summed E-state index contributed by atoms with van der Waals surface area (Å²) >= 11 is 0. The van der Waals surface area contributed by atoms with E-state index in [-0.39, 0.29) is 11.8 Å². The molecule has 2 amide bonds. The van der Waals surface area contributed by atoms with Crippen molar-refractivity contribution in [2.45, 2.75) is 53.1 Å². The molecule has 1 saturated heterocycles. The van der Waals surface area contributed by atoms with E-state index in [4.69, 9.17) is 0 Å². The standard InChI is InChI=1S/C17H24N2O2/c1-10(2)8-15-17(21)19(13(5)16(20)18-15)14-7-6-11(3)12(4)9-14/h6-7,9-10,13,15H,8H2,1-5H3,(H,18,20). The zero-order valence-electron chi connectivity index (χ0n) is 13.4. The fourth-order valence-corrected chi connectivity index (χ4v) is 2.69. The van der Waals surface area contributed by atoms with E-state index in [1.807, 2.05) is 32.0 Å². The number of hydrogen-bond donors (Lipinski definition) is 1. The van der Waals surface area contributed by atoms with Gasteiger partial charge in [-0.15, -0.1) is 0 Å². The van der Waals surface area contributed by atoms with Gasteiger partial charge in [0, 0.05) is 5.69 Å². The number of hydrogen-bond acceptors (Lipinski definition) is 2. The second-order valence-electron chi connectivity index (χ2n) is 6.34. The molecule has 2 rings (SSSR count). The SMILES string of the molecule is Cc1ccc(N2C(=O)C(CC(C)C)NC(=O)C2C)cc1C. The molecule has 21 heavy (non-hydrogen) atoms. The summed E-state index contributed by atoms with van der Waals surface area (Å²) in [5.41, 5.74) is 3.11. The van der Waals surface area contributed by atoms with E-state index in [1.54, 1.807) is 11.8 Å². The lowest BCUT2D eigenvalue weighted by molar-refractivity contribution is -0.133. The molecular weight excluding hydrogens is 264 g/mol. The third-order valence-electron chi connectivity index (χ3n) is 4.09. The van der Waals surface area contributed by atoms with Gasteiger partial charge in [0.15, 0.2) is 0 Å². The average Bonchev–Trinajstić information content (AvgIpc) is 2.40. The Labute approximate surface area is 126 Å². The zero-order chi connectivity index (χ0) is 15.7. The van der Waals surface area contributed by atoms with E-state index in [0.717, 1.165) is 11.3 Å². The molecule has 4 heteroatoms. The summed E-state index contributed by atoms with van der Waals surface area (Å²) in [5, 5.41) is 2.84. The first-order valence-electron chi connectivity index (χ1n) is 7.52. The third-order valence-corrected chi connectivity index (χ3v) is 4.09. The number of amides is 2. The second kappa shape index (κ2) is 5.88. The zero-order valence-corrected chi connectivity index (χ0v) is 13.4. The molecular formula is C17H24N2O2. The van der Waals surface area contributed by atoms with Gasteiger partial charge >= 0.3 is 0 Å². The van der Waals surface area contributed by atoms with Gasteiger partial charge in [-0.2, -0.15) is 0 Å². The van der Waals surface area contributed by atoms with Gasteiger partial charge in [0.2, 0.25) is 11.8 Å². The molecule has 0 aliphatic carbocycles. The highest BCUT2D eigenvalue weighted by atomic mass is 16.2. The molecule has 1 aromatic carbocycles. The summed E-state index contributed by atoms with van der Waals surface area (Å²) in [7, 11) is 0. The van der Waals surface area contributed by atoms with Crippen LogP contribution in [0, 0.1) is 19.8 Å². The van der Waals surface area contributed by atoms with Crippen molar-refractivity contribution in [3.8, 4) is 0 Å². The van der Waals surface area contributed by atoms with Crippen LogP contribution in [0.1, 0.15) is 38.3 Å². The minimum absolute atomic E-state index is 0.0148. The summed E-state index contributed by atoms with van der Waals surface area (Å²) in [6.07, 6.45) is 0.665. The molecule has 1 N–H and O–H groups in total. The van der Waals surface area contributed by atoms with Crippen molar-refractivity contribution in [2.75, 3.05) is 4.90 Å². The number of carbonyl (C=O) groups excluding carboxylic acids is 2. The lowest BCUT2D eigenvalue weighted by Gasteiger charge is -2.38. The van der Waals surface area contributed by atoms with Crippen LogP contribution in [0.5, 0.6) is 0 Å². The molecule has 114 valence electrons. The molecule has 0 saturated carbocycles. The maximum Gasteiger partial charge on any atom is 0.250 e. The first kappa shape index (κ1) is 15.5. The van der Waals surface area contributed by atoms with Crippen molar-refractivity contribution in [1.29, 1.82) is 0 Å². The quantitative estimate of drug-likeness (QED) is 0.929. The molecule has 1 heterocycles. The van der Waals surface area contributed by atoms with Crippen LogP contribution < -0.4 is 10.2 Å². The number of aryl methyl sites for hydroxylation is 2. The monoisotopic (exact) mass is 288 g/mol. The van der Waals surface area contributed by atoms with Gasteiger partial charge in [0.25, 0.3) is 0 Å². The van der Waals surface area contributed by atoms with Crippen LogP contribution in [-0.2, 0) is 9.59 Å². The lowest BCUT2D eigenvalue weighted by atomic mass is 9.98. The normalized spacial score (nSPS) is 22.7. The number of piperazine rings is 1. The van der Waals surface area contributed by atoms with Gasteiger partial charge in [0.1, 0.15) is 12.1 Å². The Hall–Kier alpha value is -1.84. The van der Waals surface area contributed by atoms with Crippen molar-refractivity contribution in [3.05, 3.63) is 29.3 Å². The molecule has 1 aliphatic heterocycles. The first-order chi connectivity index (χ1) is 9.81. The van der Waals surface area contributed by atoms with Crippen molar-refractivity contribution in [1.82, 2.24) is 5.32 Å². The summed E-state index contributed by atoms with van der Waals surface area (Å²) in [6, 6.07) is 5.00. The molecule has 0 radical (unpaired) electrons. The fraction of sp³-hybridized carbons (Fsp3) is 0.529. The van der Waals surface area contributed by atoms with E-state index in [1.165, 1.54) is 5.56 Å². The van der Waals surface area contributed by atoms with Crippen molar-refractivity contribution < 1.29 is 9.59 Å². The molecule has 1 aromatic rings. The predicted octanol–water partition coefficient (Wildman–Crippen LogP) is 2.57. The topological polar surface area (TPSA) is 49.4 Å². The summed E-state index contributed by atoms with van der Waals surface area (Å²) in [5.74, 6) is 0.256. The summed E-state index contributed by atoms with van der Waals surface area (Å²) < 4.78 is 0. The summed E-state index contributed by atoms with van der Waals surface area (Å²) in [4.78, 5) is 26.5. The van der Waals surface area contributed by atoms with E-state index in [0.29, 0.717) is 12.3 Å². The van der Waals surface area contributed by atoms with E-state index in [9.17, 15) is 9.59 Å². The van der Waals surface area contributed by atoms with Crippen LogP contribution in [0.25, 0.3) is 0 Å². The van der Waals surface area contributed by atoms with Crippen molar-refractivity contribution >= 4 is 17.5 Å². The molecule has 0 spiro atoms. The molecule has 0 bridgehead atoms. The smallest absolute Gasteiger partial charge is 0.250 e. The minimum atomic E-state index is -0.469. The number of rotatable bonds is 3. The van der Waals surface area contributed by atoms with Crippen LogP contribution >= 0.6 is 0 Å². The molecule has 2 atom stereocenters. The first-order valence-corrected chi connectivity index (χ1v) is 7.52. The average molecular weight is 288 g/mol. The largest absolute Gasteiger partial charge is 0.342 e. The summed E-state index contributed by atoms with van der Waals surface area (Å²) in [6.45, 7) is 9.93. The van der Waals surface area contributed by atoms with Crippen LogP contribution in [0.3, 0.4) is 0 Å². The third kappa shape index (κ3) is 3.09. The van der Waals surface area contributed by atoms with Gasteiger partial charge < -0.3 is 5.32 Å². The Morgan fingerprint density at radius 1 is 1.19 bits per heavy atom. The molecule has 1 aliphatic rings. The highest BCUT2D eigenvalue weighted by Crippen LogP contribution is 2.25. The van der Waals surface area contributed by atoms with Crippen molar-refractivity contribution in [3.63, 3.8) is 0 Å². The number of nitrogens with zero attached hydrogens (tertiary/aromatic N) is 1. The molecule has 1 fully saturated rings. The van der Waals surface area contributed by atoms with Crippen LogP contribution in [0.2, 0.25) is 0 Å². The molecule has 4 nitrogen and oxygen atoms in total. The maximum atomic E-state index is 12.7. The van der Waals surface area contributed by atoms with Gasteiger partial charge in [-0.3, -0.25) is 14.5 Å². The Morgan fingerprint density at radius 2 is 1.86 bits per heavy atom. The maximum absolute atomic E-state index is 12.7. The van der Waals surface area contributed by atoms with Crippen LogP contribution in [0.4, 0.5) is 5.69 Å². The number of nitrogens with one attached hydrogen (secondary N) is 1. The minimum Gasteiger partial charge on any atom is -0.342 e. The highest BCUT2D eigenvalue weighted by molar-refractivity contribution is 6.08. The van der Waals surface area contributed by atoms with E-state index in [2.05, 4.69) is 19.2 Å². The van der Waals surface area contributed by atoms with E-state index >= 15 is 0 Å². The number of anilines is 1. The van der Waals surface area contributed by atoms with E-state index < -0.39 is 12.1 Å². The number of benzene rings is 1. The molecule has 2 unspecified atom stereocenters. The fourth-order valence-electron chi connectivity index (χ4n) is 2.69. The highest BCUT2D eigenvalue weighted by Gasteiger charge is 2.39. The van der Waals surface area contributed by atoms with Crippen LogP contribution in [-0.4, -0.2) is 23.9 Å². The Morgan fingerprint density at radius 3 is 2.43 bits per heavy atom. The van der Waals surface area contributed by atoms with Gasteiger partial charge in [-0.1, -0.05) is 19.9 Å². The number of carbonyl (C=O) groups is 2. The van der Waals surface area contributed by atoms with Gasteiger partial charge in [-0.05, 0) is 56.4 Å². The lowest BCUT2D eigenvalue weighted by Crippen LogP contribution is -2.63. The van der Waals surface area contributed by atoms with Gasteiger partial charge in [-0.25, -0.2) is 0 Å². The molecule has 0 aromatic heterocycles. The predicted molar refractivity (Wildman–Crippen MR) is 84.2 cm³/mol. The second-order valence-corrected chi connectivity index (χ2v) is 6.34. The van der Waals surface area contributed by atoms with Crippen LogP contribution in [0.15, 0.2) is 18.2 Å². The Bertz CT molecular complexity index is 566. The Kier molecular flexibility index (Phi) is 4.35. The Balaban J connectivity index is 2.36.